The van der Waals surface area contributed by atoms with Crippen LogP contribution >= 0.6 is 0 Å². The molecule has 6 heterocycles. The minimum Gasteiger partial charge on any atom is -0.475 e. The van der Waals surface area contributed by atoms with Crippen molar-refractivity contribution in [2.45, 2.75) is 50.9 Å². The number of rotatable bonds is 0. The van der Waals surface area contributed by atoms with Gasteiger partial charge >= 0.3 is 24.3 Å². The molecule has 0 unspecified atom stereocenters. The normalized spacial score (nSPS) is 29.3. The van der Waals surface area contributed by atoms with Crippen LogP contribution in [0.15, 0.2) is 0 Å². The van der Waals surface area contributed by atoms with Crippen LogP contribution < -0.4 is 0 Å². The fourth-order valence-corrected chi connectivity index (χ4v) is 3.73. The molecule has 6 aliphatic heterocycles. The molecule has 0 saturated carbocycles. The number of fused-ring (bicyclic) bond motifs is 6. The number of piperidine rings is 6. The van der Waals surface area contributed by atoms with Gasteiger partial charge in [0, 0.05) is 0 Å². The largest absolute Gasteiger partial charge is 0.490 e. The van der Waals surface area contributed by atoms with Crippen LogP contribution in [-0.4, -0.2) is 83.6 Å². The lowest BCUT2D eigenvalue weighted by Crippen LogP contribution is -2.41. The van der Waals surface area contributed by atoms with Crippen molar-refractivity contribution in [3.05, 3.63) is 0 Å². The summed E-state index contributed by atoms with van der Waals surface area (Å²) in [4.78, 5) is 23.0. The summed E-state index contributed by atoms with van der Waals surface area (Å²) in [5.41, 5.74) is 0. The van der Waals surface area contributed by atoms with Crippen molar-refractivity contribution < 1.29 is 46.1 Å². The molecular formula is C18H28F6N2O4. The van der Waals surface area contributed by atoms with E-state index in [1.807, 2.05) is 0 Å². The molecule has 6 nitrogen and oxygen atoms in total. The number of aliphatic carboxylic acids is 2. The number of carboxylic acids is 2. The average molecular weight is 450 g/mol. The zero-order chi connectivity index (χ0) is 22.9. The number of hydrogen-bond acceptors (Lipinski definition) is 4. The van der Waals surface area contributed by atoms with Gasteiger partial charge in [0.05, 0.1) is 0 Å². The second kappa shape index (κ2) is 11.7. The zero-order valence-electron chi connectivity index (χ0n) is 16.5. The Morgan fingerprint density at radius 1 is 0.567 bits per heavy atom. The number of alkyl halides is 6. The summed E-state index contributed by atoms with van der Waals surface area (Å²) >= 11 is 0. The lowest BCUT2D eigenvalue weighted by molar-refractivity contribution is -0.193. The van der Waals surface area contributed by atoms with Crippen LogP contribution in [0.25, 0.3) is 0 Å². The van der Waals surface area contributed by atoms with Crippen molar-refractivity contribution in [3.63, 3.8) is 0 Å². The minimum absolute atomic E-state index is 1.11. The first-order chi connectivity index (χ1) is 13.8. The van der Waals surface area contributed by atoms with E-state index in [9.17, 15) is 26.3 Å². The van der Waals surface area contributed by atoms with E-state index < -0.39 is 24.3 Å². The lowest BCUT2D eigenvalue weighted by atomic mass is 9.89. The van der Waals surface area contributed by atoms with Crippen LogP contribution in [0.4, 0.5) is 26.3 Å². The molecular weight excluding hydrogens is 422 g/mol. The summed E-state index contributed by atoms with van der Waals surface area (Å²) in [5.74, 6) is -3.29. The van der Waals surface area contributed by atoms with Crippen molar-refractivity contribution in [3.8, 4) is 0 Å². The Hall–Kier alpha value is -1.56. The first-order valence-corrected chi connectivity index (χ1v) is 9.84. The van der Waals surface area contributed by atoms with E-state index in [4.69, 9.17) is 19.8 Å². The fraction of sp³-hybridized carbons (Fsp3) is 0.889. The maximum atomic E-state index is 10.6. The molecule has 6 fully saturated rings. The highest BCUT2D eigenvalue weighted by molar-refractivity contribution is 5.73. The maximum Gasteiger partial charge on any atom is 0.490 e. The molecule has 6 saturated heterocycles. The molecule has 6 rings (SSSR count). The van der Waals surface area contributed by atoms with Gasteiger partial charge in [0.25, 0.3) is 0 Å². The third-order valence-electron chi connectivity index (χ3n) is 5.61. The van der Waals surface area contributed by atoms with Gasteiger partial charge in [-0.15, -0.1) is 0 Å². The minimum atomic E-state index is -5.08. The Morgan fingerprint density at radius 2 is 0.733 bits per heavy atom. The smallest absolute Gasteiger partial charge is 0.475 e. The van der Waals surface area contributed by atoms with Gasteiger partial charge in [0.2, 0.25) is 0 Å². The van der Waals surface area contributed by atoms with E-state index in [1.165, 1.54) is 77.8 Å². The van der Waals surface area contributed by atoms with Crippen LogP contribution in [0.5, 0.6) is 0 Å². The van der Waals surface area contributed by atoms with Crippen LogP contribution in [0.1, 0.15) is 38.5 Å². The molecule has 30 heavy (non-hydrogen) atoms. The Labute approximate surface area is 170 Å². The Balaban J connectivity index is 0.000000201. The first-order valence-electron chi connectivity index (χ1n) is 9.84. The lowest BCUT2D eigenvalue weighted by Gasteiger charge is -2.38. The third kappa shape index (κ3) is 10.5. The maximum absolute atomic E-state index is 10.6. The Morgan fingerprint density at radius 3 is 0.767 bits per heavy atom. The van der Waals surface area contributed by atoms with E-state index in [2.05, 4.69) is 9.80 Å². The number of hydrogen-bond donors (Lipinski definition) is 2. The van der Waals surface area contributed by atoms with Gasteiger partial charge in [0.15, 0.2) is 0 Å². The van der Waals surface area contributed by atoms with E-state index in [-0.39, 0.29) is 0 Å². The number of carbonyl (C=O) groups is 2. The van der Waals surface area contributed by atoms with Gasteiger partial charge < -0.3 is 20.0 Å². The molecule has 0 atom stereocenters. The topological polar surface area (TPSA) is 81.1 Å². The summed E-state index contributed by atoms with van der Waals surface area (Å²) in [7, 11) is 0. The van der Waals surface area contributed by atoms with Crippen molar-refractivity contribution in [1.82, 2.24) is 9.80 Å². The van der Waals surface area contributed by atoms with Crippen molar-refractivity contribution in [2.75, 3.05) is 39.3 Å². The van der Waals surface area contributed by atoms with Crippen LogP contribution in [-0.2, 0) is 9.59 Å². The van der Waals surface area contributed by atoms with Crippen molar-refractivity contribution in [2.24, 2.45) is 11.8 Å². The van der Waals surface area contributed by atoms with Gasteiger partial charge in [-0.2, -0.15) is 26.3 Å². The monoisotopic (exact) mass is 450 g/mol. The molecule has 0 aromatic rings. The van der Waals surface area contributed by atoms with Crippen LogP contribution in [0.3, 0.4) is 0 Å². The van der Waals surface area contributed by atoms with Gasteiger partial charge in [-0.1, -0.05) is 0 Å². The highest BCUT2D eigenvalue weighted by Gasteiger charge is 2.38. The van der Waals surface area contributed by atoms with Crippen molar-refractivity contribution in [1.29, 1.82) is 0 Å². The second-order valence-electron chi connectivity index (χ2n) is 7.75. The molecule has 0 spiro atoms. The number of carboxylic acid groups (broad SMARTS) is 2. The van der Waals surface area contributed by atoms with E-state index in [0.29, 0.717) is 0 Å². The van der Waals surface area contributed by atoms with Crippen molar-refractivity contribution >= 4 is 11.9 Å². The van der Waals surface area contributed by atoms with Gasteiger partial charge in [0.1, 0.15) is 0 Å². The molecule has 0 radical (unpaired) electrons. The molecule has 0 amide bonds. The zero-order valence-corrected chi connectivity index (χ0v) is 16.5. The first kappa shape index (κ1) is 26.5. The average Bonchev–Trinajstić information content (AvgIpc) is 2.71. The summed E-state index contributed by atoms with van der Waals surface area (Å²) < 4.78 is 63.5. The predicted molar refractivity (Wildman–Crippen MR) is 94.9 cm³/mol. The molecule has 0 aromatic carbocycles. The van der Waals surface area contributed by atoms with Crippen LogP contribution in [0.2, 0.25) is 0 Å². The molecule has 0 aliphatic carbocycles. The Kier molecular flexibility index (Phi) is 10.4. The Bertz CT molecular complexity index is 446. The summed E-state index contributed by atoms with van der Waals surface area (Å²) in [5, 5.41) is 14.2. The predicted octanol–water partition coefficient (Wildman–Crippen LogP) is 3.47. The van der Waals surface area contributed by atoms with Crippen LogP contribution in [0, 0.1) is 11.8 Å². The standard InChI is InChI=1S/2C7H13N.2C2HF3O2/c2*1-4-8-5-2-7(1)3-6-8;2*3-2(4,5)1(6)7/h2*7H,1-6H2;2*(H,6,7). The molecule has 12 heteroatoms. The molecule has 4 bridgehead atoms. The molecule has 2 N–H and O–H groups in total. The van der Waals surface area contributed by atoms with E-state index in [0.717, 1.165) is 11.8 Å². The van der Waals surface area contributed by atoms with Gasteiger partial charge in [-0.05, 0) is 89.6 Å². The van der Waals surface area contributed by atoms with Gasteiger partial charge in [-0.3, -0.25) is 0 Å². The summed E-state index contributed by atoms with van der Waals surface area (Å²) in [6.45, 7) is 8.36. The highest BCUT2D eigenvalue weighted by Crippen LogP contribution is 2.27. The number of nitrogens with zero attached hydrogens (tertiary/aromatic N) is 2. The quantitative estimate of drug-likeness (QED) is 0.550. The fourth-order valence-electron chi connectivity index (χ4n) is 3.73. The van der Waals surface area contributed by atoms with E-state index >= 15 is 0 Å². The molecule has 0 aromatic heterocycles. The summed E-state index contributed by atoms with van der Waals surface area (Å²) in [6, 6.07) is 0. The summed E-state index contributed by atoms with van der Waals surface area (Å²) in [6.07, 6.45) is -1.25. The highest BCUT2D eigenvalue weighted by atomic mass is 19.4. The van der Waals surface area contributed by atoms with Gasteiger partial charge in [-0.25, -0.2) is 9.59 Å². The number of halogens is 6. The third-order valence-corrected chi connectivity index (χ3v) is 5.61. The van der Waals surface area contributed by atoms with E-state index in [1.54, 1.807) is 0 Å². The molecule has 6 aliphatic rings. The second-order valence-corrected chi connectivity index (χ2v) is 7.75. The SMILES string of the molecule is C1CN2CCC1CC2.C1CN2CCC1CC2.O=C(O)C(F)(F)F.O=C(O)C(F)(F)F. The molecule has 176 valence electrons.